The Bertz CT molecular complexity index is 991. The van der Waals surface area contributed by atoms with E-state index >= 15 is 0 Å². The summed E-state index contributed by atoms with van der Waals surface area (Å²) in [7, 11) is 0. The van der Waals surface area contributed by atoms with Gasteiger partial charge in [-0.1, -0.05) is 0 Å². The molecule has 0 radical (unpaired) electrons. The van der Waals surface area contributed by atoms with E-state index in [4.69, 9.17) is 14.2 Å². The van der Waals surface area contributed by atoms with Crippen molar-refractivity contribution in [2.24, 2.45) is 0 Å². The van der Waals surface area contributed by atoms with Crippen molar-refractivity contribution in [2.45, 2.75) is 33.7 Å². The Morgan fingerprint density at radius 2 is 1.76 bits per heavy atom. The molecule has 1 aliphatic heterocycles. The summed E-state index contributed by atoms with van der Waals surface area (Å²) in [5.74, 6) is -0.935. The average Bonchev–Trinajstić information content (AvgIpc) is 2.98. The summed E-state index contributed by atoms with van der Waals surface area (Å²) < 4.78 is 17.8. The number of aryl methyl sites for hydroxylation is 1. The maximum absolute atomic E-state index is 12.6. The van der Waals surface area contributed by atoms with Crippen molar-refractivity contribution < 1.29 is 28.7 Å². The average molecular weight is 402 g/mol. The summed E-state index contributed by atoms with van der Waals surface area (Å²) in [6.07, 6.45) is 0. The standard InChI is InChI=1S/C20H22N2O7/c1-11(2)21-12(3)7-14(13(21)4)17(23)10-29-20(24)15-8-18-19(28-6-5-27-18)9-16(15)22(25)26/h7-9,11H,5-6,10H2,1-4H3. The molecule has 1 aromatic carbocycles. The second kappa shape index (κ2) is 7.94. The summed E-state index contributed by atoms with van der Waals surface area (Å²) >= 11 is 0. The Balaban J connectivity index is 1.80. The number of Topliss-reactive ketones (excluding diaryl/α,β-unsaturated/α-hetero) is 1. The number of ketones is 1. The molecule has 0 saturated heterocycles. The number of fused-ring (bicyclic) bond motifs is 1. The van der Waals surface area contributed by atoms with Crippen LogP contribution in [0.5, 0.6) is 11.5 Å². The zero-order valence-corrected chi connectivity index (χ0v) is 16.7. The molecule has 0 N–H and O–H groups in total. The highest BCUT2D eigenvalue weighted by Gasteiger charge is 2.28. The van der Waals surface area contributed by atoms with Gasteiger partial charge in [0.2, 0.25) is 5.78 Å². The smallest absolute Gasteiger partial charge is 0.345 e. The predicted octanol–water partition coefficient (Wildman–Crippen LogP) is 3.40. The van der Waals surface area contributed by atoms with Gasteiger partial charge in [-0.2, -0.15) is 0 Å². The van der Waals surface area contributed by atoms with Crippen LogP contribution in [0.15, 0.2) is 18.2 Å². The molecule has 1 aromatic heterocycles. The number of nitro groups is 1. The highest BCUT2D eigenvalue weighted by Crippen LogP contribution is 2.36. The van der Waals surface area contributed by atoms with Crippen molar-refractivity contribution in [3.05, 3.63) is 50.8 Å². The van der Waals surface area contributed by atoms with Crippen LogP contribution in [0.1, 0.15) is 52.0 Å². The van der Waals surface area contributed by atoms with Gasteiger partial charge < -0.3 is 18.8 Å². The molecule has 2 aromatic rings. The van der Waals surface area contributed by atoms with Gasteiger partial charge in [-0.05, 0) is 33.8 Å². The van der Waals surface area contributed by atoms with Crippen LogP contribution in [0.3, 0.4) is 0 Å². The molecule has 0 amide bonds. The van der Waals surface area contributed by atoms with E-state index in [-0.39, 0.29) is 42.1 Å². The number of esters is 1. The van der Waals surface area contributed by atoms with Crippen LogP contribution in [0.2, 0.25) is 0 Å². The van der Waals surface area contributed by atoms with Gasteiger partial charge in [-0.25, -0.2) is 4.79 Å². The SMILES string of the molecule is Cc1cc(C(=O)COC(=O)c2cc3c(cc2[N+](=O)[O-])OCCO3)c(C)n1C(C)C. The van der Waals surface area contributed by atoms with Gasteiger partial charge in [0.15, 0.2) is 18.1 Å². The van der Waals surface area contributed by atoms with Gasteiger partial charge in [0.25, 0.3) is 5.69 Å². The Labute approximate surface area is 167 Å². The summed E-state index contributed by atoms with van der Waals surface area (Å²) in [5, 5.41) is 11.4. The minimum Gasteiger partial charge on any atom is -0.486 e. The third-order valence-electron chi connectivity index (χ3n) is 4.71. The first-order valence-electron chi connectivity index (χ1n) is 9.17. The van der Waals surface area contributed by atoms with Crippen molar-refractivity contribution in [1.29, 1.82) is 0 Å². The summed E-state index contributed by atoms with van der Waals surface area (Å²) in [5.41, 5.74) is 1.41. The third-order valence-corrected chi connectivity index (χ3v) is 4.71. The van der Waals surface area contributed by atoms with Crippen LogP contribution in [0, 0.1) is 24.0 Å². The first-order chi connectivity index (χ1) is 13.7. The van der Waals surface area contributed by atoms with Crippen molar-refractivity contribution in [3.63, 3.8) is 0 Å². The molecule has 29 heavy (non-hydrogen) atoms. The van der Waals surface area contributed by atoms with Crippen LogP contribution in [-0.2, 0) is 4.74 Å². The molecule has 0 bridgehead atoms. The minimum atomic E-state index is -0.973. The number of carbonyl (C=O) groups excluding carboxylic acids is 2. The fraction of sp³-hybridized carbons (Fsp3) is 0.400. The second-order valence-electron chi connectivity index (χ2n) is 7.02. The highest BCUT2D eigenvalue weighted by atomic mass is 16.6. The maximum atomic E-state index is 12.6. The van der Waals surface area contributed by atoms with Gasteiger partial charge in [-0.15, -0.1) is 0 Å². The summed E-state index contributed by atoms with van der Waals surface area (Å²) in [4.78, 5) is 35.7. The number of aromatic nitrogens is 1. The fourth-order valence-corrected chi connectivity index (χ4v) is 3.53. The Kier molecular flexibility index (Phi) is 5.58. The molecule has 9 nitrogen and oxygen atoms in total. The van der Waals surface area contributed by atoms with E-state index < -0.39 is 23.2 Å². The molecule has 154 valence electrons. The molecule has 0 spiro atoms. The molecule has 0 unspecified atom stereocenters. The molecule has 0 aliphatic carbocycles. The van der Waals surface area contributed by atoms with Crippen molar-refractivity contribution in [2.75, 3.05) is 19.8 Å². The van der Waals surface area contributed by atoms with E-state index in [1.807, 2.05) is 32.3 Å². The number of hydrogen-bond acceptors (Lipinski definition) is 7. The Morgan fingerprint density at radius 1 is 1.14 bits per heavy atom. The van der Waals surface area contributed by atoms with Crippen LogP contribution in [0.25, 0.3) is 0 Å². The van der Waals surface area contributed by atoms with E-state index in [2.05, 4.69) is 0 Å². The lowest BCUT2D eigenvalue weighted by molar-refractivity contribution is -0.385. The minimum absolute atomic E-state index is 0.180. The molecule has 0 atom stereocenters. The number of hydrogen-bond donors (Lipinski definition) is 0. The molecule has 9 heteroatoms. The number of rotatable bonds is 6. The number of carbonyl (C=O) groups is 2. The van der Waals surface area contributed by atoms with E-state index in [1.54, 1.807) is 6.07 Å². The monoisotopic (exact) mass is 402 g/mol. The van der Waals surface area contributed by atoms with Crippen LogP contribution >= 0.6 is 0 Å². The van der Waals surface area contributed by atoms with Crippen LogP contribution < -0.4 is 9.47 Å². The lowest BCUT2D eigenvalue weighted by Gasteiger charge is -2.18. The predicted molar refractivity (Wildman–Crippen MR) is 103 cm³/mol. The molecular formula is C20H22N2O7. The number of nitrogens with zero attached hydrogens (tertiary/aromatic N) is 2. The first kappa shape index (κ1) is 20.4. The molecule has 3 rings (SSSR count). The van der Waals surface area contributed by atoms with Crippen molar-refractivity contribution in [3.8, 4) is 11.5 Å². The fourth-order valence-electron chi connectivity index (χ4n) is 3.53. The van der Waals surface area contributed by atoms with Gasteiger partial charge in [0.1, 0.15) is 18.8 Å². The van der Waals surface area contributed by atoms with Gasteiger partial charge in [0, 0.05) is 29.1 Å². The normalized spacial score (nSPS) is 12.7. The molecule has 2 heterocycles. The van der Waals surface area contributed by atoms with E-state index in [1.165, 1.54) is 6.07 Å². The highest BCUT2D eigenvalue weighted by molar-refractivity contribution is 6.01. The second-order valence-corrected chi connectivity index (χ2v) is 7.02. The number of nitro benzene ring substituents is 1. The van der Waals surface area contributed by atoms with Gasteiger partial charge in [0.05, 0.1) is 11.0 Å². The third kappa shape index (κ3) is 3.94. The van der Waals surface area contributed by atoms with Crippen molar-refractivity contribution >= 4 is 17.4 Å². The van der Waals surface area contributed by atoms with E-state index in [9.17, 15) is 19.7 Å². The zero-order chi connectivity index (χ0) is 21.3. The molecular weight excluding hydrogens is 380 g/mol. The maximum Gasteiger partial charge on any atom is 0.345 e. The van der Waals surface area contributed by atoms with Gasteiger partial charge in [-0.3, -0.25) is 14.9 Å². The van der Waals surface area contributed by atoms with E-state index in [0.717, 1.165) is 17.5 Å². The topological polar surface area (TPSA) is 110 Å². The Hall–Kier alpha value is -3.36. The Morgan fingerprint density at radius 3 is 2.31 bits per heavy atom. The lowest BCUT2D eigenvalue weighted by atomic mass is 10.1. The molecule has 0 saturated carbocycles. The summed E-state index contributed by atoms with van der Waals surface area (Å²) in [6.45, 7) is 7.75. The van der Waals surface area contributed by atoms with Crippen LogP contribution in [-0.4, -0.2) is 41.1 Å². The number of benzene rings is 1. The quantitative estimate of drug-likeness (QED) is 0.315. The molecule has 1 aliphatic rings. The molecule has 0 fully saturated rings. The largest absolute Gasteiger partial charge is 0.486 e. The van der Waals surface area contributed by atoms with Crippen LogP contribution in [0.4, 0.5) is 5.69 Å². The van der Waals surface area contributed by atoms with Gasteiger partial charge >= 0.3 is 5.97 Å². The van der Waals surface area contributed by atoms with E-state index in [0.29, 0.717) is 5.56 Å². The lowest BCUT2D eigenvalue weighted by Crippen LogP contribution is -2.19. The van der Waals surface area contributed by atoms with Crippen molar-refractivity contribution in [1.82, 2.24) is 4.57 Å². The number of ether oxygens (including phenoxy) is 3. The zero-order valence-electron chi connectivity index (χ0n) is 16.7. The first-order valence-corrected chi connectivity index (χ1v) is 9.17. The summed E-state index contributed by atoms with van der Waals surface area (Å²) in [6, 6.07) is 4.27.